The van der Waals surface area contributed by atoms with Gasteiger partial charge in [0.25, 0.3) is 10.0 Å². The molecule has 0 unspecified atom stereocenters. The Labute approximate surface area is 159 Å². The Kier molecular flexibility index (Phi) is 4.78. The van der Waals surface area contributed by atoms with E-state index in [1.54, 1.807) is 24.3 Å². The number of nitrogen functional groups attached to an aromatic ring is 1. The van der Waals surface area contributed by atoms with Crippen molar-refractivity contribution in [1.29, 1.82) is 5.26 Å². The van der Waals surface area contributed by atoms with E-state index in [4.69, 9.17) is 34.2 Å². The van der Waals surface area contributed by atoms with E-state index in [9.17, 15) is 8.42 Å². The number of aromatic nitrogens is 2. The maximum Gasteiger partial charge on any atom is 0.262 e. The number of rotatable bonds is 4. The fourth-order valence-electron chi connectivity index (χ4n) is 2.27. The highest BCUT2D eigenvalue weighted by atomic mass is 35.5. The number of hydrogen-bond donors (Lipinski definition) is 2. The third kappa shape index (κ3) is 3.46. The summed E-state index contributed by atoms with van der Waals surface area (Å²) in [5.41, 5.74) is 6.67. The minimum atomic E-state index is -3.97. The molecule has 26 heavy (non-hydrogen) atoms. The maximum atomic E-state index is 12.7. The van der Waals surface area contributed by atoms with Gasteiger partial charge in [-0.25, -0.2) is 13.1 Å². The van der Waals surface area contributed by atoms with Crippen molar-refractivity contribution in [3.05, 3.63) is 64.3 Å². The van der Waals surface area contributed by atoms with Gasteiger partial charge in [0, 0.05) is 10.0 Å². The summed E-state index contributed by atoms with van der Waals surface area (Å²) < 4.78 is 29.1. The molecule has 1 aromatic heterocycles. The molecule has 0 fully saturated rings. The summed E-state index contributed by atoms with van der Waals surface area (Å²) in [4.78, 5) is -0.0871. The van der Waals surface area contributed by atoms with E-state index in [1.807, 2.05) is 6.07 Å². The number of benzene rings is 2. The van der Waals surface area contributed by atoms with Crippen molar-refractivity contribution >= 4 is 44.7 Å². The molecule has 2 aromatic carbocycles. The second-order valence-electron chi connectivity index (χ2n) is 5.19. The summed E-state index contributed by atoms with van der Waals surface area (Å²) in [5.74, 6) is 0.102. The monoisotopic (exact) mass is 407 g/mol. The van der Waals surface area contributed by atoms with Crippen LogP contribution < -0.4 is 10.5 Å². The molecule has 0 aliphatic heterocycles. The van der Waals surface area contributed by atoms with E-state index in [0.29, 0.717) is 5.69 Å². The van der Waals surface area contributed by atoms with E-state index in [2.05, 4.69) is 9.82 Å². The summed E-state index contributed by atoms with van der Waals surface area (Å²) >= 11 is 11.8. The normalized spacial score (nSPS) is 11.1. The van der Waals surface area contributed by atoms with Crippen LogP contribution in [-0.4, -0.2) is 18.2 Å². The van der Waals surface area contributed by atoms with Gasteiger partial charge in [-0.3, -0.25) is 4.72 Å². The molecule has 0 amide bonds. The average Bonchev–Trinajstić information content (AvgIpc) is 2.95. The second kappa shape index (κ2) is 6.88. The number of nitrogens with zero attached hydrogens (tertiary/aromatic N) is 3. The minimum Gasteiger partial charge on any atom is -0.382 e. The van der Waals surface area contributed by atoms with Crippen molar-refractivity contribution in [1.82, 2.24) is 9.78 Å². The molecule has 0 aliphatic rings. The van der Waals surface area contributed by atoms with Gasteiger partial charge in [0.05, 0.1) is 22.5 Å². The minimum absolute atomic E-state index is 0.0871. The van der Waals surface area contributed by atoms with Gasteiger partial charge in [0.15, 0.2) is 0 Å². The third-order valence-electron chi connectivity index (χ3n) is 3.45. The number of hydrogen-bond acceptors (Lipinski definition) is 5. The molecule has 0 atom stereocenters. The molecule has 10 heteroatoms. The molecule has 132 valence electrons. The Morgan fingerprint density at radius 1 is 1.15 bits per heavy atom. The van der Waals surface area contributed by atoms with Crippen LogP contribution in [0.4, 0.5) is 11.5 Å². The quantitative estimate of drug-likeness (QED) is 0.687. The molecule has 0 spiro atoms. The van der Waals surface area contributed by atoms with Gasteiger partial charge in [-0.1, -0.05) is 35.3 Å². The van der Waals surface area contributed by atoms with Crippen LogP contribution in [-0.2, 0) is 10.0 Å². The second-order valence-corrected chi connectivity index (χ2v) is 7.75. The fraction of sp³-hybridized carbons (Fsp3) is 0. The van der Waals surface area contributed by atoms with Gasteiger partial charge in [-0.05, 0) is 30.3 Å². The molecule has 7 nitrogen and oxygen atoms in total. The number of anilines is 2. The first kappa shape index (κ1) is 18.1. The predicted octanol–water partition coefficient (Wildman–Crippen LogP) is 3.43. The zero-order valence-corrected chi connectivity index (χ0v) is 15.3. The first-order valence-corrected chi connectivity index (χ1v) is 9.37. The number of nitriles is 1. The fourth-order valence-corrected chi connectivity index (χ4v) is 4.07. The van der Waals surface area contributed by atoms with Crippen LogP contribution in [0.15, 0.2) is 53.6 Å². The van der Waals surface area contributed by atoms with E-state index >= 15 is 0 Å². The Hall–Kier alpha value is -2.73. The Balaban J connectivity index is 2.06. The van der Waals surface area contributed by atoms with Gasteiger partial charge >= 0.3 is 0 Å². The number of nitrogens with two attached hydrogens (primary N) is 1. The average molecular weight is 408 g/mol. The summed E-state index contributed by atoms with van der Waals surface area (Å²) in [6, 6.07) is 12.4. The molecule has 1 heterocycles. The SMILES string of the molecule is N#Cc1cnn(-c2ccccc2NS(=O)(=O)c2cc(Cl)cc(Cl)c2)c1N. The van der Waals surface area contributed by atoms with Gasteiger partial charge in [0.1, 0.15) is 17.5 Å². The highest BCUT2D eigenvalue weighted by Gasteiger charge is 2.19. The molecular formula is C16H11Cl2N5O2S. The first-order chi connectivity index (χ1) is 12.3. The molecule has 0 aliphatic carbocycles. The summed E-state index contributed by atoms with van der Waals surface area (Å²) in [5, 5.41) is 13.4. The van der Waals surface area contributed by atoms with Gasteiger partial charge in [-0.15, -0.1) is 0 Å². The van der Waals surface area contributed by atoms with E-state index in [1.165, 1.54) is 29.1 Å². The standard InChI is InChI=1S/C16H11Cl2N5O2S/c17-11-5-12(18)7-13(6-11)26(24,25)22-14-3-1-2-4-15(14)23-16(20)10(8-19)9-21-23/h1-7,9,22H,20H2. The lowest BCUT2D eigenvalue weighted by molar-refractivity contribution is 0.601. The van der Waals surface area contributed by atoms with Crippen molar-refractivity contribution in [2.24, 2.45) is 0 Å². The number of sulfonamides is 1. The van der Waals surface area contributed by atoms with Gasteiger partial charge < -0.3 is 5.73 Å². The topological polar surface area (TPSA) is 114 Å². The smallest absolute Gasteiger partial charge is 0.262 e. The van der Waals surface area contributed by atoms with Crippen molar-refractivity contribution in [2.45, 2.75) is 4.90 Å². The maximum absolute atomic E-state index is 12.7. The highest BCUT2D eigenvalue weighted by molar-refractivity contribution is 7.92. The van der Waals surface area contributed by atoms with Crippen LogP contribution in [0.5, 0.6) is 0 Å². The van der Waals surface area contributed by atoms with Crippen LogP contribution in [0.25, 0.3) is 5.69 Å². The zero-order chi connectivity index (χ0) is 18.9. The summed E-state index contributed by atoms with van der Waals surface area (Å²) in [7, 11) is -3.97. The molecule has 0 saturated heterocycles. The molecule has 0 bridgehead atoms. The van der Waals surface area contributed by atoms with E-state index < -0.39 is 10.0 Å². The number of nitrogens with one attached hydrogen (secondary N) is 1. The first-order valence-electron chi connectivity index (χ1n) is 7.14. The molecule has 0 radical (unpaired) electrons. The van der Waals surface area contributed by atoms with Crippen LogP contribution in [0.3, 0.4) is 0 Å². The zero-order valence-electron chi connectivity index (χ0n) is 13.0. The Morgan fingerprint density at radius 3 is 2.42 bits per heavy atom. The van der Waals surface area contributed by atoms with Crippen LogP contribution in [0.2, 0.25) is 10.0 Å². The lowest BCUT2D eigenvalue weighted by atomic mass is 10.2. The molecular weight excluding hydrogens is 397 g/mol. The lowest BCUT2D eigenvalue weighted by Gasteiger charge is -2.14. The van der Waals surface area contributed by atoms with Gasteiger partial charge in [0.2, 0.25) is 0 Å². The van der Waals surface area contributed by atoms with Crippen LogP contribution in [0.1, 0.15) is 5.56 Å². The number of halogens is 2. The van der Waals surface area contributed by atoms with Crippen LogP contribution >= 0.6 is 23.2 Å². The van der Waals surface area contributed by atoms with Gasteiger partial charge in [-0.2, -0.15) is 10.4 Å². The Bertz CT molecular complexity index is 1120. The molecule has 0 saturated carbocycles. The predicted molar refractivity (Wildman–Crippen MR) is 100.0 cm³/mol. The van der Waals surface area contributed by atoms with E-state index in [-0.39, 0.29) is 32.0 Å². The van der Waals surface area contributed by atoms with Crippen molar-refractivity contribution in [3.8, 4) is 11.8 Å². The summed E-state index contributed by atoms with van der Waals surface area (Å²) in [6.45, 7) is 0. The van der Waals surface area contributed by atoms with Crippen molar-refractivity contribution < 1.29 is 8.42 Å². The molecule has 3 rings (SSSR count). The molecule has 3 N–H and O–H groups in total. The number of para-hydroxylation sites is 2. The lowest BCUT2D eigenvalue weighted by Crippen LogP contribution is -2.15. The largest absolute Gasteiger partial charge is 0.382 e. The third-order valence-corrected chi connectivity index (χ3v) is 5.23. The van der Waals surface area contributed by atoms with Crippen molar-refractivity contribution in [3.63, 3.8) is 0 Å². The van der Waals surface area contributed by atoms with E-state index in [0.717, 1.165) is 0 Å². The Morgan fingerprint density at radius 2 is 1.81 bits per heavy atom. The van der Waals surface area contributed by atoms with Crippen LogP contribution in [0, 0.1) is 11.3 Å². The molecule has 3 aromatic rings. The highest BCUT2D eigenvalue weighted by Crippen LogP contribution is 2.28. The summed E-state index contributed by atoms with van der Waals surface area (Å²) in [6.07, 6.45) is 1.30. The van der Waals surface area contributed by atoms with Crippen molar-refractivity contribution in [2.75, 3.05) is 10.5 Å².